The van der Waals surface area contributed by atoms with Gasteiger partial charge in [-0.3, -0.25) is 10.1 Å². The molecular formula is C14H20N2O. The summed E-state index contributed by atoms with van der Waals surface area (Å²) in [6, 6.07) is 8.16. The minimum atomic E-state index is -0.665. The molecule has 0 spiro atoms. The second-order valence-electron chi connectivity index (χ2n) is 4.66. The number of hydrogen-bond donors (Lipinski definition) is 2. The van der Waals surface area contributed by atoms with Crippen molar-refractivity contribution < 1.29 is 4.79 Å². The van der Waals surface area contributed by atoms with Crippen LogP contribution in [0.2, 0.25) is 0 Å². The van der Waals surface area contributed by atoms with Crippen molar-refractivity contribution in [3.63, 3.8) is 0 Å². The Morgan fingerprint density at radius 1 is 1.41 bits per heavy atom. The van der Waals surface area contributed by atoms with Crippen LogP contribution in [0.1, 0.15) is 37.3 Å². The van der Waals surface area contributed by atoms with Crippen LogP contribution in [-0.4, -0.2) is 12.5 Å². The maximum Gasteiger partial charge on any atom is 0.242 e. The van der Waals surface area contributed by atoms with Gasteiger partial charge in [-0.15, -0.1) is 0 Å². The molecule has 3 heteroatoms. The van der Waals surface area contributed by atoms with Crippen molar-refractivity contribution in [3.8, 4) is 0 Å². The smallest absolute Gasteiger partial charge is 0.242 e. The van der Waals surface area contributed by atoms with Gasteiger partial charge in [-0.05, 0) is 36.9 Å². The Morgan fingerprint density at radius 3 is 2.88 bits per heavy atom. The molecule has 0 fully saturated rings. The van der Waals surface area contributed by atoms with E-state index in [0.29, 0.717) is 0 Å². The first-order valence-corrected chi connectivity index (χ1v) is 6.34. The van der Waals surface area contributed by atoms with Gasteiger partial charge in [-0.25, -0.2) is 0 Å². The molecule has 1 atom stereocenters. The lowest BCUT2D eigenvalue weighted by atomic mass is 9.83. The Bertz CT molecular complexity index is 416. The molecule has 0 aromatic heterocycles. The van der Waals surface area contributed by atoms with Gasteiger partial charge < -0.3 is 5.73 Å². The van der Waals surface area contributed by atoms with Crippen LogP contribution in [0, 0.1) is 0 Å². The van der Waals surface area contributed by atoms with Gasteiger partial charge in [0.25, 0.3) is 0 Å². The summed E-state index contributed by atoms with van der Waals surface area (Å²) < 4.78 is 0. The number of nitrogens with one attached hydrogen (secondary N) is 1. The first-order chi connectivity index (χ1) is 8.20. The minimum absolute atomic E-state index is 0.256. The van der Waals surface area contributed by atoms with E-state index in [-0.39, 0.29) is 5.91 Å². The van der Waals surface area contributed by atoms with E-state index >= 15 is 0 Å². The second kappa shape index (κ2) is 4.88. The van der Waals surface area contributed by atoms with Crippen LogP contribution in [-0.2, 0) is 16.8 Å². The number of aryl methyl sites for hydroxylation is 1. The predicted molar refractivity (Wildman–Crippen MR) is 68.5 cm³/mol. The summed E-state index contributed by atoms with van der Waals surface area (Å²) >= 11 is 0. The first kappa shape index (κ1) is 12.1. The molecule has 1 aromatic carbocycles. The van der Waals surface area contributed by atoms with E-state index in [4.69, 9.17) is 5.73 Å². The topological polar surface area (TPSA) is 55.1 Å². The van der Waals surface area contributed by atoms with E-state index in [1.165, 1.54) is 5.56 Å². The van der Waals surface area contributed by atoms with E-state index in [2.05, 4.69) is 11.4 Å². The van der Waals surface area contributed by atoms with Crippen molar-refractivity contribution in [2.45, 2.75) is 38.1 Å². The summed E-state index contributed by atoms with van der Waals surface area (Å²) in [5, 5.41) is 3.32. The summed E-state index contributed by atoms with van der Waals surface area (Å²) in [6.45, 7) is 2.76. The third-order valence-corrected chi connectivity index (χ3v) is 3.62. The maximum absolute atomic E-state index is 11.9. The minimum Gasteiger partial charge on any atom is -0.368 e. The van der Waals surface area contributed by atoms with Crippen LogP contribution < -0.4 is 11.1 Å². The number of benzene rings is 1. The van der Waals surface area contributed by atoms with Crippen molar-refractivity contribution in [1.82, 2.24) is 5.32 Å². The Labute approximate surface area is 102 Å². The average molecular weight is 232 g/mol. The van der Waals surface area contributed by atoms with Gasteiger partial charge in [0.1, 0.15) is 5.54 Å². The zero-order valence-electron chi connectivity index (χ0n) is 10.3. The van der Waals surface area contributed by atoms with E-state index < -0.39 is 5.54 Å². The molecule has 3 nitrogen and oxygen atoms in total. The van der Waals surface area contributed by atoms with Crippen molar-refractivity contribution >= 4 is 5.91 Å². The van der Waals surface area contributed by atoms with Crippen LogP contribution in [0.15, 0.2) is 24.3 Å². The number of fused-ring (bicyclic) bond motifs is 1. The number of likely N-dealkylation sites (N-methyl/N-ethyl adjacent to an activating group) is 1. The fourth-order valence-corrected chi connectivity index (χ4v) is 2.82. The molecule has 0 aliphatic heterocycles. The van der Waals surface area contributed by atoms with Crippen LogP contribution in [0.5, 0.6) is 0 Å². The highest BCUT2D eigenvalue weighted by molar-refractivity contribution is 5.86. The zero-order chi connectivity index (χ0) is 12.3. The van der Waals surface area contributed by atoms with Crippen molar-refractivity contribution in [1.29, 1.82) is 0 Å². The number of primary amides is 1. The fourth-order valence-electron chi connectivity index (χ4n) is 2.82. The molecule has 1 unspecified atom stereocenters. The lowest BCUT2D eigenvalue weighted by molar-refractivity contribution is -0.125. The number of carbonyl (C=O) groups is 1. The van der Waals surface area contributed by atoms with Gasteiger partial charge in [0, 0.05) is 0 Å². The van der Waals surface area contributed by atoms with Crippen LogP contribution in [0.4, 0.5) is 0 Å². The van der Waals surface area contributed by atoms with E-state index in [1.54, 1.807) is 0 Å². The van der Waals surface area contributed by atoms with Crippen molar-refractivity contribution in [2.24, 2.45) is 5.73 Å². The molecule has 1 amide bonds. The Kier molecular flexibility index (Phi) is 3.48. The first-order valence-electron chi connectivity index (χ1n) is 6.34. The summed E-state index contributed by atoms with van der Waals surface area (Å²) in [5.41, 5.74) is 7.34. The van der Waals surface area contributed by atoms with Gasteiger partial charge in [0.15, 0.2) is 0 Å². The van der Waals surface area contributed by atoms with Crippen molar-refractivity contribution in [3.05, 3.63) is 35.4 Å². The van der Waals surface area contributed by atoms with Gasteiger partial charge in [-0.2, -0.15) is 0 Å². The van der Waals surface area contributed by atoms with Gasteiger partial charge in [-0.1, -0.05) is 37.6 Å². The van der Waals surface area contributed by atoms with E-state index in [1.807, 2.05) is 25.1 Å². The fraction of sp³-hybridized carbons (Fsp3) is 0.500. The Morgan fingerprint density at radius 2 is 2.18 bits per heavy atom. The molecule has 0 saturated heterocycles. The molecule has 0 bridgehead atoms. The summed E-state index contributed by atoms with van der Waals surface area (Å²) in [5.74, 6) is -0.256. The Hall–Kier alpha value is -1.35. The van der Waals surface area contributed by atoms with Crippen molar-refractivity contribution in [2.75, 3.05) is 6.54 Å². The van der Waals surface area contributed by atoms with Gasteiger partial charge >= 0.3 is 0 Å². The average Bonchev–Trinajstić information content (AvgIpc) is 2.51. The number of amides is 1. The molecular weight excluding hydrogens is 212 g/mol. The molecule has 1 aliphatic carbocycles. The number of carbonyl (C=O) groups excluding carboxylic acids is 1. The lowest BCUT2D eigenvalue weighted by Gasteiger charge is -2.32. The quantitative estimate of drug-likeness (QED) is 0.779. The number of rotatable bonds is 3. The molecule has 2 rings (SSSR count). The molecule has 0 saturated carbocycles. The molecule has 1 aromatic rings. The molecule has 3 N–H and O–H groups in total. The van der Waals surface area contributed by atoms with Crippen LogP contribution in [0.3, 0.4) is 0 Å². The van der Waals surface area contributed by atoms with E-state index in [0.717, 1.165) is 37.8 Å². The standard InChI is InChI=1S/C14H20N2O/c1-2-16-14(13(15)17)10-6-5-8-11-7-3-4-9-12(11)14/h3-4,7,9,16H,2,5-6,8,10H2,1H3,(H2,15,17). The van der Waals surface area contributed by atoms with Crippen LogP contribution in [0.25, 0.3) is 0 Å². The second-order valence-corrected chi connectivity index (χ2v) is 4.66. The predicted octanol–water partition coefficient (Wildman–Crippen LogP) is 1.70. The molecule has 1 aliphatic rings. The molecule has 92 valence electrons. The normalized spacial score (nSPS) is 23.8. The van der Waals surface area contributed by atoms with Crippen LogP contribution >= 0.6 is 0 Å². The number of hydrogen-bond acceptors (Lipinski definition) is 2. The zero-order valence-corrected chi connectivity index (χ0v) is 10.3. The third-order valence-electron chi connectivity index (χ3n) is 3.62. The highest BCUT2D eigenvalue weighted by Gasteiger charge is 2.39. The molecule has 17 heavy (non-hydrogen) atoms. The summed E-state index contributed by atoms with van der Waals surface area (Å²) in [6.07, 6.45) is 3.99. The Balaban J connectivity index is 2.54. The maximum atomic E-state index is 11.9. The van der Waals surface area contributed by atoms with E-state index in [9.17, 15) is 4.79 Å². The van der Waals surface area contributed by atoms with Gasteiger partial charge in [0.2, 0.25) is 5.91 Å². The monoisotopic (exact) mass is 232 g/mol. The SMILES string of the molecule is CCNC1(C(N)=O)CCCCc2ccccc21. The number of nitrogens with two attached hydrogens (primary N) is 1. The third kappa shape index (κ3) is 2.07. The molecule has 0 radical (unpaired) electrons. The molecule has 0 heterocycles. The largest absolute Gasteiger partial charge is 0.368 e. The summed E-state index contributed by atoms with van der Waals surface area (Å²) in [7, 11) is 0. The highest BCUT2D eigenvalue weighted by Crippen LogP contribution is 2.33. The highest BCUT2D eigenvalue weighted by atomic mass is 16.1. The van der Waals surface area contributed by atoms with Gasteiger partial charge in [0.05, 0.1) is 0 Å². The lowest BCUT2D eigenvalue weighted by Crippen LogP contribution is -2.52. The summed E-state index contributed by atoms with van der Waals surface area (Å²) in [4.78, 5) is 11.9.